The van der Waals surface area contributed by atoms with Crippen LogP contribution in [0.5, 0.6) is 0 Å². The standard InChI is InChI=1S/C16H16N4O/c1-10(2)20-9-14(13-8-18-4-3-15(13)20)16(21)11-5-12(17)7-19-6-11/h3-10H,17H2,1-2H3/p+1. The highest BCUT2D eigenvalue weighted by Gasteiger charge is 2.19. The highest BCUT2D eigenvalue weighted by atomic mass is 16.1. The van der Waals surface area contributed by atoms with E-state index in [1.54, 1.807) is 30.9 Å². The molecule has 0 spiro atoms. The van der Waals surface area contributed by atoms with Gasteiger partial charge in [0.15, 0.2) is 12.4 Å². The molecule has 0 radical (unpaired) electrons. The van der Waals surface area contributed by atoms with Gasteiger partial charge in [-0.05, 0) is 26.0 Å². The fourth-order valence-corrected chi connectivity index (χ4v) is 2.48. The number of nitrogens with two attached hydrogens (primary N) is 1. The third kappa shape index (κ3) is 2.27. The molecule has 5 heteroatoms. The number of carbonyl (C=O) groups excluding carboxylic acids is 1. The number of nitrogens with zero attached hydrogens (tertiary/aromatic N) is 2. The lowest BCUT2D eigenvalue weighted by molar-refractivity contribution is -0.377. The molecule has 0 aliphatic heterocycles. The topological polar surface area (TPSA) is 75.0 Å². The van der Waals surface area contributed by atoms with E-state index in [1.165, 1.54) is 0 Å². The summed E-state index contributed by atoms with van der Waals surface area (Å²) in [4.78, 5) is 19.8. The minimum Gasteiger partial charge on any atom is -0.394 e. The number of carbonyl (C=O) groups is 1. The zero-order chi connectivity index (χ0) is 15.0. The maximum absolute atomic E-state index is 12.7. The van der Waals surface area contributed by atoms with Crippen LogP contribution in [0.15, 0.2) is 43.1 Å². The number of aromatic amines is 1. The summed E-state index contributed by atoms with van der Waals surface area (Å²) in [5, 5.41) is 0.860. The average molecular weight is 281 g/mol. The van der Waals surface area contributed by atoms with Gasteiger partial charge in [0, 0.05) is 35.6 Å². The zero-order valence-electron chi connectivity index (χ0n) is 12.0. The normalized spacial score (nSPS) is 11.2. The zero-order valence-corrected chi connectivity index (χ0v) is 12.0. The Morgan fingerprint density at radius 1 is 1.38 bits per heavy atom. The molecule has 0 bridgehead atoms. The number of hydrogen-bond acceptors (Lipinski definition) is 3. The lowest BCUT2D eigenvalue weighted by atomic mass is 10.1. The van der Waals surface area contributed by atoms with E-state index in [-0.39, 0.29) is 11.8 Å². The predicted molar refractivity (Wildman–Crippen MR) is 81.0 cm³/mol. The van der Waals surface area contributed by atoms with Crippen molar-refractivity contribution in [3.8, 4) is 0 Å². The highest BCUT2D eigenvalue weighted by Crippen LogP contribution is 2.25. The van der Waals surface area contributed by atoms with Gasteiger partial charge in [-0.1, -0.05) is 0 Å². The van der Waals surface area contributed by atoms with Crippen LogP contribution in [0.25, 0.3) is 10.9 Å². The third-order valence-corrected chi connectivity index (χ3v) is 3.51. The average Bonchev–Trinajstić information content (AvgIpc) is 2.86. The molecular formula is C16H17N4O+. The Morgan fingerprint density at radius 3 is 2.90 bits per heavy atom. The van der Waals surface area contributed by atoms with Crippen LogP contribution in [0.3, 0.4) is 0 Å². The fraction of sp³-hybridized carbons (Fsp3) is 0.188. The minimum absolute atomic E-state index is 0.0593. The SMILES string of the molecule is CC(C)n1cc(C(=O)c2c[nH+]cc(N)c2)c2cnccc21. The number of anilines is 1. The van der Waals surface area contributed by atoms with Crippen molar-refractivity contribution in [1.82, 2.24) is 9.55 Å². The number of rotatable bonds is 3. The monoisotopic (exact) mass is 281 g/mol. The molecule has 0 atom stereocenters. The van der Waals surface area contributed by atoms with Gasteiger partial charge in [0.2, 0.25) is 5.78 Å². The van der Waals surface area contributed by atoms with Crippen molar-refractivity contribution >= 4 is 22.4 Å². The number of ketones is 1. The van der Waals surface area contributed by atoms with Crippen molar-refractivity contribution in [2.24, 2.45) is 0 Å². The molecule has 0 saturated carbocycles. The molecule has 0 fully saturated rings. The van der Waals surface area contributed by atoms with Gasteiger partial charge in [-0.25, -0.2) is 4.98 Å². The number of nitrogen functional groups attached to an aromatic ring is 1. The first-order valence-electron chi connectivity index (χ1n) is 6.84. The van der Waals surface area contributed by atoms with E-state index in [0.29, 0.717) is 16.8 Å². The lowest BCUT2D eigenvalue weighted by Gasteiger charge is -2.08. The molecule has 106 valence electrons. The molecule has 3 heterocycles. The van der Waals surface area contributed by atoms with Gasteiger partial charge >= 0.3 is 0 Å². The summed E-state index contributed by atoms with van der Waals surface area (Å²) in [6.45, 7) is 4.17. The van der Waals surface area contributed by atoms with Crippen molar-refractivity contribution < 1.29 is 9.78 Å². The van der Waals surface area contributed by atoms with E-state index >= 15 is 0 Å². The van der Waals surface area contributed by atoms with E-state index in [2.05, 4.69) is 28.4 Å². The molecule has 3 aromatic rings. The summed E-state index contributed by atoms with van der Waals surface area (Å²) >= 11 is 0. The maximum Gasteiger partial charge on any atom is 0.201 e. The molecule has 0 aromatic carbocycles. The van der Waals surface area contributed by atoms with Gasteiger partial charge in [0.25, 0.3) is 0 Å². The second-order valence-electron chi connectivity index (χ2n) is 5.32. The molecule has 0 amide bonds. The second-order valence-corrected chi connectivity index (χ2v) is 5.32. The number of H-pyrrole nitrogens is 1. The summed E-state index contributed by atoms with van der Waals surface area (Å²) in [6, 6.07) is 3.87. The maximum atomic E-state index is 12.7. The molecule has 3 N–H and O–H groups in total. The van der Waals surface area contributed by atoms with Crippen LogP contribution < -0.4 is 10.7 Å². The third-order valence-electron chi connectivity index (χ3n) is 3.51. The Morgan fingerprint density at radius 2 is 2.19 bits per heavy atom. The van der Waals surface area contributed by atoms with Crippen LogP contribution in [0.2, 0.25) is 0 Å². The summed E-state index contributed by atoms with van der Waals surface area (Å²) in [6.07, 6.45) is 8.67. The van der Waals surface area contributed by atoms with E-state index in [9.17, 15) is 4.79 Å². The first-order valence-corrected chi connectivity index (χ1v) is 6.84. The van der Waals surface area contributed by atoms with Crippen LogP contribution >= 0.6 is 0 Å². The van der Waals surface area contributed by atoms with E-state index in [4.69, 9.17) is 5.73 Å². The lowest BCUT2D eigenvalue weighted by Crippen LogP contribution is -2.10. The van der Waals surface area contributed by atoms with Crippen molar-refractivity contribution in [2.45, 2.75) is 19.9 Å². The number of fused-ring (bicyclic) bond motifs is 1. The highest BCUT2D eigenvalue weighted by molar-refractivity contribution is 6.16. The summed E-state index contributed by atoms with van der Waals surface area (Å²) in [5.41, 5.74) is 8.47. The van der Waals surface area contributed by atoms with Crippen LogP contribution in [0, 0.1) is 0 Å². The number of nitrogens with one attached hydrogen (secondary N) is 1. The molecular weight excluding hydrogens is 264 g/mol. The molecule has 3 aromatic heterocycles. The van der Waals surface area contributed by atoms with Crippen LogP contribution in [0.4, 0.5) is 5.69 Å². The largest absolute Gasteiger partial charge is 0.394 e. The number of pyridine rings is 2. The number of aromatic nitrogens is 3. The fourth-order valence-electron chi connectivity index (χ4n) is 2.48. The molecule has 0 aliphatic rings. The van der Waals surface area contributed by atoms with Crippen molar-refractivity contribution in [3.05, 3.63) is 54.2 Å². The number of hydrogen-bond donors (Lipinski definition) is 1. The molecule has 0 unspecified atom stereocenters. The van der Waals surface area contributed by atoms with Crippen LogP contribution in [-0.2, 0) is 0 Å². The summed E-state index contributed by atoms with van der Waals surface area (Å²) in [7, 11) is 0. The van der Waals surface area contributed by atoms with Crippen LogP contribution in [-0.4, -0.2) is 15.3 Å². The smallest absolute Gasteiger partial charge is 0.201 e. The first-order chi connectivity index (χ1) is 10.1. The second kappa shape index (κ2) is 5.01. The minimum atomic E-state index is -0.0593. The molecule has 0 aliphatic carbocycles. The van der Waals surface area contributed by atoms with Crippen molar-refractivity contribution in [3.63, 3.8) is 0 Å². The summed E-state index contributed by atoms with van der Waals surface area (Å²) < 4.78 is 2.08. The van der Waals surface area contributed by atoms with Crippen LogP contribution in [0.1, 0.15) is 35.8 Å². The van der Waals surface area contributed by atoms with Crippen molar-refractivity contribution in [2.75, 3.05) is 5.73 Å². The first kappa shape index (κ1) is 13.3. The van der Waals surface area contributed by atoms with E-state index in [0.717, 1.165) is 10.9 Å². The summed E-state index contributed by atoms with van der Waals surface area (Å²) in [5.74, 6) is -0.0593. The molecule has 21 heavy (non-hydrogen) atoms. The van der Waals surface area contributed by atoms with Gasteiger partial charge in [-0.15, -0.1) is 0 Å². The molecule has 3 rings (SSSR count). The molecule has 0 saturated heterocycles. The van der Waals surface area contributed by atoms with E-state index < -0.39 is 0 Å². The van der Waals surface area contributed by atoms with Gasteiger partial charge in [-0.3, -0.25) is 9.78 Å². The van der Waals surface area contributed by atoms with Crippen molar-refractivity contribution in [1.29, 1.82) is 0 Å². The Labute approximate surface area is 122 Å². The van der Waals surface area contributed by atoms with Gasteiger partial charge in [0.05, 0.1) is 16.8 Å². The predicted octanol–water partition coefficient (Wildman–Crippen LogP) is 2.24. The Bertz CT molecular complexity index is 820. The quantitative estimate of drug-likeness (QED) is 0.748. The molecule has 5 nitrogen and oxygen atoms in total. The van der Waals surface area contributed by atoms with Gasteiger partial charge < -0.3 is 10.3 Å². The van der Waals surface area contributed by atoms with Gasteiger partial charge in [-0.2, -0.15) is 0 Å². The Hall–Kier alpha value is -2.69. The Balaban J connectivity index is 2.19. The Kier molecular flexibility index (Phi) is 3.17. The van der Waals surface area contributed by atoms with Gasteiger partial charge in [0.1, 0.15) is 0 Å². The van der Waals surface area contributed by atoms with E-state index in [1.807, 2.05) is 12.3 Å².